The highest BCUT2D eigenvalue weighted by molar-refractivity contribution is 5.26. The molecule has 0 aliphatic rings. The molecule has 0 saturated heterocycles. The molecule has 1 heterocycles. The van der Waals surface area contributed by atoms with E-state index in [9.17, 15) is 0 Å². The molecule has 2 rings (SSSR count). The highest BCUT2D eigenvalue weighted by atomic mass is 16.5. The molecule has 0 atom stereocenters. The minimum absolute atomic E-state index is 0.442. The van der Waals surface area contributed by atoms with Crippen molar-refractivity contribution in [2.24, 2.45) is 5.73 Å². The van der Waals surface area contributed by atoms with Crippen LogP contribution in [-0.2, 0) is 13.1 Å². The summed E-state index contributed by atoms with van der Waals surface area (Å²) in [5.74, 6) is 0.866. The van der Waals surface area contributed by atoms with Gasteiger partial charge < -0.3 is 10.5 Å². The van der Waals surface area contributed by atoms with Crippen LogP contribution in [0.1, 0.15) is 11.3 Å². The molecule has 0 fully saturated rings. The molecule has 17 heavy (non-hydrogen) atoms. The van der Waals surface area contributed by atoms with Gasteiger partial charge in [-0.15, -0.1) is 5.10 Å². The van der Waals surface area contributed by atoms with Crippen molar-refractivity contribution in [3.05, 3.63) is 41.7 Å². The first-order chi connectivity index (χ1) is 8.29. The van der Waals surface area contributed by atoms with E-state index in [0.29, 0.717) is 19.7 Å². The number of nitrogens with two attached hydrogens (primary N) is 1. The lowest BCUT2D eigenvalue weighted by Crippen LogP contribution is -2.14. The number of nitrogens with zero attached hydrogens (tertiary/aromatic N) is 3. The van der Waals surface area contributed by atoms with Gasteiger partial charge in [0.15, 0.2) is 0 Å². The van der Waals surface area contributed by atoms with Gasteiger partial charge in [0.1, 0.15) is 12.4 Å². The molecule has 1 aromatic heterocycles. The predicted octanol–water partition coefficient (Wildman–Crippen LogP) is 1.12. The van der Waals surface area contributed by atoms with Crippen molar-refractivity contribution in [3.8, 4) is 5.75 Å². The topological polar surface area (TPSA) is 66.0 Å². The summed E-state index contributed by atoms with van der Waals surface area (Å²) in [4.78, 5) is 0. The lowest BCUT2D eigenvalue weighted by atomic mass is 10.2. The van der Waals surface area contributed by atoms with E-state index < -0.39 is 0 Å². The average Bonchev–Trinajstić information content (AvgIpc) is 2.79. The van der Waals surface area contributed by atoms with Crippen LogP contribution in [0.15, 0.2) is 30.5 Å². The summed E-state index contributed by atoms with van der Waals surface area (Å²) in [5.41, 5.74) is 7.69. The molecule has 0 bridgehead atoms. The van der Waals surface area contributed by atoms with Crippen molar-refractivity contribution < 1.29 is 4.74 Å². The Morgan fingerprint density at radius 1 is 1.29 bits per heavy atom. The Morgan fingerprint density at radius 2 is 2.06 bits per heavy atom. The molecule has 0 saturated carbocycles. The van der Waals surface area contributed by atoms with E-state index in [0.717, 1.165) is 11.4 Å². The van der Waals surface area contributed by atoms with Crippen molar-refractivity contribution in [1.82, 2.24) is 15.0 Å². The number of rotatable bonds is 5. The van der Waals surface area contributed by atoms with Crippen molar-refractivity contribution in [1.29, 1.82) is 0 Å². The maximum Gasteiger partial charge on any atom is 0.119 e. The van der Waals surface area contributed by atoms with E-state index in [4.69, 9.17) is 10.5 Å². The third-order valence-corrected chi connectivity index (χ3v) is 2.50. The first-order valence-electron chi connectivity index (χ1n) is 5.56. The van der Waals surface area contributed by atoms with Gasteiger partial charge in [-0.2, -0.15) is 0 Å². The van der Waals surface area contributed by atoms with Crippen LogP contribution in [0, 0.1) is 6.92 Å². The first kappa shape index (κ1) is 11.6. The lowest BCUT2D eigenvalue weighted by Gasteiger charge is -2.07. The summed E-state index contributed by atoms with van der Waals surface area (Å²) in [5, 5.41) is 7.75. The Hall–Kier alpha value is -1.88. The third kappa shape index (κ3) is 3.04. The Labute approximate surface area is 100 Å². The summed E-state index contributed by atoms with van der Waals surface area (Å²) >= 11 is 0. The molecule has 0 amide bonds. The Morgan fingerprint density at radius 3 is 2.76 bits per heavy atom. The first-order valence-corrected chi connectivity index (χ1v) is 5.56. The van der Waals surface area contributed by atoms with Crippen LogP contribution < -0.4 is 10.5 Å². The quantitative estimate of drug-likeness (QED) is 0.839. The van der Waals surface area contributed by atoms with Gasteiger partial charge in [-0.3, -0.25) is 0 Å². The molecular formula is C12H16N4O. The van der Waals surface area contributed by atoms with Crippen LogP contribution in [-0.4, -0.2) is 21.6 Å². The van der Waals surface area contributed by atoms with Crippen LogP contribution in [0.2, 0.25) is 0 Å². The van der Waals surface area contributed by atoms with Crippen LogP contribution in [0.25, 0.3) is 0 Å². The molecule has 90 valence electrons. The highest BCUT2D eigenvalue weighted by Gasteiger charge is 2.01. The Balaban J connectivity index is 1.85. The van der Waals surface area contributed by atoms with E-state index in [-0.39, 0.29) is 0 Å². The fourth-order valence-electron chi connectivity index (χ4n) is 1.51. The van der Waals surface area contributed by atoms with Crippen molar-refractivity contribution in [2.75, 3.05) is 6.61 Å². The summed E-state index contributed by atoms with van der Waals surface area (Å²) in [6.07, 6.45) is 1.67. The second kappa shape index (κ2) is 5.45. The number of aromatic nitrogens is 3. The van der Waals surface area contributed by atoms with Gasteiger partial charge in [-0.25, -0.2) is 4.68 Å². The number of benzene rings is 1. The standard InChI is InChI=1S/C12H16N4O/c1-10-2-4-12(5-3-10)17-7-6-16-11(8-13)9-14-15-16/h2-5,9H,6-8,13H2,1H3. The number of hydrogen-bond donors (Lipinski definition) is 1. The summed E-state index contributed by atoms with van der Waals surface area (Å²) in [6.45, 7) is 3.70. The molecular weight excluding hydrogens is 216 g/mol. The number of ether oxygens (including phenoxy) is 1. The molecule has 0 aliphatic carbocycles. The molecule has 2 N–H and O–H groups in total. The highest BCUT2D eigenvalue weighted by Crippen LogP contribution is 2.11. The number of hydrogen-bond acceptors (Lipinski definition) is 4. The monoisotopic (exact) mass is 232 g/mol. The van der Waals surface area contributed by atoms with Crippen LogP contribution in [0.3, 0.4) is 0 Å². The smallest absolute Gasteiger partial charge is 0.119 e. The minimum atomic E-state index is 0.442. The van der Waals surface area contributed by atoms with E-state index in [1.54, 1.807) is 10.9 Å². The SMILES string of the molecule is Cc1ccc(OCCn2nncc2CN)cc1. The second-order valence-corrected chi connectivity index (χ2v) is 3.81. The average molecular weight is 232 g/mol. The summed E-state index contributed by atoms with van der Waals surface area (Å²) < 4.78 is 7.36. The summed E-state index contributed by atoms with van der Waals surface area (Å²) in [7, 11) is 0. The van der Waals surface area contributed by atoms with Gasteiger partial charge in [-0.05, 0) is 19.1 Å². The Kier molecular flexibility index (Phi) is 3.72. The normalized spacial score (nSPS) is 10.5. The van der Waals surface area contributed by atoms with Crippen LogP contribution in [0.5, 0.6) is 5.75 Å². The molecule has 0 aliphatic heterocycles. The van der Waals surface area contributed by atoms with Gasteiger partial charge in [0.2, 0.25) is 0 Å². The van der Waals surface area contributed by atoms with Crippen LogP contribution >= 0.6 is 0 Å². The maximum absolute atomic E-state index is 5.60. The lowest BCUT2D eigenvalue weighted by molar-refractivity contribution is 0.287. The van der Waals surface area contributed by atoms with E-state index in [2.05, 4.69) is 10.3 Å². The molecule has 5 nitrogen and oxygen atoms in total. The molecule has 0 spiro atoms. The van der Waals surface area contributed by atoms with E-state index in [1.807, 2.05) is 31.2 Å². The Bertz CT molecular complexity index is 464. The van der Waals surface area contributed by atoms with Crippen molar-refractivity contribution in [3.63, 3.8) is 0 Å². The van der Waals surface area contributed by atoms with E-state index >= 15 is 0 Å². The second-order valence-electron chi connectivity index (χ2n) is 3.81. The van der Waals surface area contributed by atoms with Gasteiger partial charge in [0.25, 0.3) is 0 Å². The zero-order valence-electron chi connectivity index (χ0n) is 9.84. The predicted molar refractivity (Wildman–Crippen MR) is 64.6 cm³/mol. The molecule has 1 aromatic carbocycles. The van der Waals surface area contributed by atoms with Crippen molar-refractivity contribution in [2.45, 2.75) is 20.0 Å². The third-order valence-electron chi connectivity index (χ3n) is 2.50. The molecule has 5 heteroatoms. The maximum atomic E-state index is 5.60. The zero-order chi connectivity index (χ0) is 12.1. The van der Waals surface area contributed by atoms with Gasteiger partial charge in [0, 0.05) is 6.54 Å². The zero-order valence-corrected chi connectivity index (χ0v) is 9.84. The fourth-order valence-corrected chi connectivity index (χ4v) is 1.51. The molecule has 2 aromatic rings. The summed E-state index contributed by atoms with van der Waals surface area (Å²) in [6, 6.07) is 7.97. The fraction of sp³-hybridized carbons (Fsp3) is 0.333. The van der Waals surface area contributed by atoms with Gasteiger partial charge in [0.05, 0.1) is 18.4 Å². The molecule has 0 unspecified atom stereocenters. The number of aryl methyl sites for hydroxylation is 1. The van der Waals surface area contributed by atoms with Gasteiger partial charge >= 0.3 is 0 Å². The van der Waals surface area contributed by atoms with E-state index in [1.165, 1.54) is 5.56 Å². The largest absolute Gasteiger partial charge is 0.492 e. The van der Waals surface area contributed by atoms with Crippen molar-refractivity contribution >= 4 is 0 Å². The van der Waals surface area contributed by atoms with Gasteiger partial charge in [-0.1, -0.05) is 22.9 Å². The van der Waals surface area contributed by atoms with Crippen LogP contribution in [0.4, 0.5) is 0 Å². The minimum Gasteiger partial charge on any atom is -0.492 e. The molecule has 0 radical (unpaired) electrons.